The van der Waals surface area contributed by atoms with Gasteiger partial charge in [0, 0.05) is 12.6 Å². The summed E-state index contributed by atoms with van der Waals surface area (Å²) in [6.45, 7) is 1.13. The normalized spacial score (nSPS) is 25.9. The van der Waals surface area contributed by atoms with Gasteiger partial charge in [-0.05, 0) is 17.7 Å². The summed E-state index contributed by atoms with van der Waals surface area (Å²) >= 11 is 0. The number of furan rings is 1. The van der Waals surface area contributed by atoms with Crippen molar-refractivity contribution in [3.05, 3.63) is 60.1 Å². The van der Waals surface area contributed by atoms with Crippen LogP contribution < -0.4 is 0 Å². The second-order valence-corrected chi connectivity index (χ2v) is 8.86. The highest BCUT2D eigenvalue weighted by molar-refractivity contribution is 7.91. The molecule has 4 rings (SSSR count). The van der Waals surface area contributed by atoms with E-state index in [1.807, 2.05) is 41.3 Å². The molecule has 6 nitrogen and oxygen atoms in total. The third kappa shape index (κ3) is 3.34. The summed E-state index contributed by atoms with van der Waals surface area (Å²) in [5.41, 5.74) is 1.08. The maximum Gasteiger partial charge on any atom is 0.237 e. The van der Waals surface area contributed by atoms with E-state index in [0.717, 1.165) is 5.56 Å². The highest BCUT2D eigenvalue weighted by Gasteiger charge is 2.49. The Morgan fingerprint density at radius 3 is 2.48 bits per heavy atom. The molecule has 3 heterocycles. The van der Waals surface area contributed by atoms with Gasteiger partial charge in [-0.25, -0.2) is 8.42 Å². The lowest BCUT2D eigenvalue weighted by molar-refractivity contribution is -0.143. The molecule has 2 fully saturated rings. The van der Waals surface area contributed by atoms with Gasteiger partial charge in [-0.2, -0.15) is 0 Å². The standard InChI is InChI=1S/C18H20N2O4S/c21-18-11-19(9-14-5-2-1-3-6-14)16-12-25(22,23)13-17(16)20(18)10-15-7-4-8-24-15/h1-8,16-17H,9-13H2. The first-order valence-corrected chi connectivity index (χ1v) is 10.1. The molecule has 132 valence electrons. The summed E-state index contributed by atoms with van der Waals surface area (Å²) in [6.07, 6.45) is 1.56. The minimum Gasteiger partial charge on any atom is -0.467 e. The quantitative estimate of drug-likeness (QED) is 0.822. The number of carbonyl (C=O) groups is 1. The van der Waals surface area contributed by atoms with Crippen molar-refractivity contribution in [2.45, 2.75) is 25.2 Å². The summed E-state index contributed by atoms with van der Waals surface area (Å²) in [4.78, 5) is 16.4. The third-order valence-corrected chi connectivity index (χ3v) is 6.66. The topological polar surface area (TPSA) is 70.8 Å². The number of carbonyl (C=O) groups excluding carboxylic acids is 1. The summed E-state index contributed by atoms with van der Waals surface area (Å²) in [5, 5.41) is 0. The van der Waals surface area contributed by atoms with Crippen LogP contribution in [-0.2, 0) is 27.7 Å². The van der Waals surface area contributed by atoms with Gasteiger partial charge in [-0.1, -0.05) is 30.3 Å². The average Bonchev–Trinajstić information content (AvgIpc) is 3.19. The van der Waals surface area contributed by atoms with Gasteiger partial charge in [0.15, 0.2) is 9.84 Å². The first-order chi connectivity index (χ1) is 12.0. The molecule has 2 aromatic rings. The predicted molar refractivity (Wildman–Crippen MR) is 92.3 cm³/mol. The van der Waals surface area contributed by atoms with Crippen LogP contribution in [0.4, 0.5) is 0 Å². The summed E-state index contributed by atoms with van der Waals surface area (Å²) in [7, 11) is -3.16. The van der Waals surface area contributed by atoms with Crippen molar-refractivity contribution < 1.29 is 17.6 Å². The van der Waals surface area contributed by atoms with Gasteiger partial charge < -0.3 is 9.32 Å². The average molecular weight is 360 g/mol. The van der Waals surface area contributed by atoms with Crippen molar-refractivity contribution in [2.24, 2.45) is 0 Å². The van der Waals surface area contributed by atoms with Gasteiger partial charge in [0.2, 0.25) is 5.91 Å². The molecule has 2 aliphatic rings. The van der Waals surface area contributed by atoms with E-state index in [0.29, 0.717) is 18.8 Å². The Morgan fingerprint density at radius 1 is 1.00 bits per heavy atom. The van der Waals surface area contributed by atoms with E-state index >= 15 is 0 Å². The summed E-state index contributed by atoms with van der Waals surface area (Å²) in [5.74, 6) is 0.751. The zero-order chi connectivity index (χ0) is 17.4. The smallest absolute Gasteiger partial charge is 0.237 e. The summed E-state index contributed by atoms with van der Waals surface area (Å²) in [6, 6.07) is 12.9. The lowest BCUT2D eigenvalue weighted by Gasteiger charge is -2.43. The Kier molecular flexibility index (Phi) is 4.13. The van der Waals surface area contributed by atoms with Crippen molar-refractivity contribution in [2.75, 3.05) is 18.1 Å². The number of fused-ring (bicyclic) bond motifs is 1. The van der Waals surface area contributed by atoms with Gasteiger partial charge in [-0.15, -0.1) is 0 Å². The number of amides is 1. The van der Waals surface area contributed by atoms with Crippen LogP contribution in [0.2, 0.25) is 0 Å². The molecule has 2 atom stereocenters. The van der Waals surface area contributed by atoms with Crippen LogP contribution in [0.15, 0.2) is 53.1 Å². The van der Waals surface area contributed by atoms with Crippen LogP contribution in [0.25, 0.3) is 0 Å². The van der Waals surface area contributed by atoms with Gasteiger partial charge in [0.25, 0.3) is 0 Å². The van der Waals surface area contributed by atoms with Crippen LogP contribution in [-0.4, -0.2) is 54.3 Å². The number of hydrogen-bond acceptors (Lipinski definition) is 5. The second kappa shape index (κ2) is 6.31. The fraction of sp³-hybridized carbons (Fsp3) is 0.389. The lowest BCUT2D eigenvalue weighted by Crippen LogP contribution is -2.60. The largest absolute Gasteiger partial charge is 0.467 e. The maximum atomic E-state index is 12.7. The van der Waals surface area contributed by atoms with Gasteiger partial charge in [0.05, 0.1) is 36.9 Å². The molecule has 7 heteroatoms. The van der Waals surface area contributed by atoms with Gasteiger partial charge in [-0.3, -0.25) is 9.69 Å². The highest BCUT2D eigenvalue weighted by atomic mass is 32.2. The fourth-order valence-corrected chi connectivity index (χ4v) is 5.80. The third-order valence-electron chi connectivity index (χ3n) is 4.96. The number of nitrogens with zero attached hydrogens (tertiary/aromatic N) is 2. The molecule has 2 saturated heterocycles. The van der Waals surface area contributed by atoms with Crippen LogP contribution in [0.3, 0.4) is 0 Å². The SMILES string of the molecule is O=C1CN(Cc2ccccc2)C2CS(=O)(=O)CC2N1Cc1ccco1. The van der Waals surface area contributed by atoms with E-state index in [9.17, 15) is 13.2 Å². The minimum absolute atomic E-state index is 0.0232. The van der Waals surface area contributed by atoms with E-state index < -0.39 is 9.84 Å². The molecule has 2 unspecified atom stereocenters. The molecule has 2 aliphatic heterocycles. The van der Waals surface area contributed by atoms with Crippen molar-refractivity contribution in [1.29, 1.82) is 0 Å². The Labute approximate surface area is 146 Å². The Bertz CT molecular complexity index is 848. The molecule has 1 amide bonds. The monoisotopic (exact) mass is 360 g/mol. The second-order valence-electron chi connectivity index (χ2n) is 6.70. The Hall–Kier alpha value is -2.12. The van der Waals surface area contributed by atoms with E-state index in [2.05, 4.69) is 0 Å². The molecule has 0 aliphatic carbocycles. The van der Waals surface area contributed by atoms with Crippen molar-refractivity contribution in [3.63, 3.8) is 0 Å². The molecule has 1 aromatic carbocycles. The van der Waals surface area contributed by atoms with Gasteiger partial charge in [0.1, 0.15) is 5.76 Å². The maximum absolute atomic E-state index is 12.7. The van der Waals surface area contributed by atoms with Crippen molar-refractivity contribution >= 4 is 15.7 Å². The van der Waals surface area contributed by atoms with Crippen molar-refractivity contribution in [1.82, 2.24) is 9.80 Å². The first-order valence-electron chi connectivity index (χ1n) is 8.32. The fourth-order valence-electron chi connectivity index (χ4n) is 3.79. The minimum atomic E-state index is -3.16. The summed E-state index contributed by atoms with van der Waals surface area (Å²) < 4.78 is 29.9. The van der Waals surface area contributed by atoms with Crippen LogP contribution in [0.5, 0.6) is 0 Å². The number of sulfone groups is 1. The van der Waals surface area contributed by atoms with E-state index in [4.69, 9.17) is 4.42 Å². The molecular weight excluding hydrogens is 340 g/mol. The van der Waals surface area contributed by atoms with Crippen LogP contribution in [0.1, 0.15) is 11.3 Å². The lowest BCUT2D eigenvalue weighted by atomic mass is 10.0. The van der Waals surface area contributed by atoms with Crippen molar-refractivity contribution in [3.8, 4) is 0 Å². The first kappa shape index (κ1) is 16.4. The molecule has 0 N–H and O–H groups in total. The molecular formula is C18H20N2O4S. The van der Waals surface area contributed by atoms with Crippen LogP contribution >= 0.6 is 0 Å². The Morgan fingerprint density at radius 2 is 1.76 bits per heavy atom. The number of piperazine rings is 1. The zero-order valence-electron chi connectivity index (χ0n) is 13.7. The molecule has 1 aromatic heterocycles. The van der Waals surface area contributed by atoms with E-state index in [-0.39, 0.29) is 36.0 Å². The molecule has 0 spiro atoms. The molecule has 0 radical (unpaired) electrons. The number of rotatable bonds is 4. The number of hydrogen-bond donors (Lipinski definition) is 0. The highest BCUT2D eigenvalue weighted by Crippen LogP contribution is 2.30. The van der Waals surface area contributed by atoms with Crippen LogP contribution in [0, 0.1) is 0 Å². The molecule has 25 heavy (non-hydrogen) atoms. The van der Waals surface area contributed by atoms with Gasteiger partial charge >= 0.3 is 0 Å². The zero-order valence-corrected chi connectivity index (χ0v) is 14.6. The van der Waals surface area contributed by atoms with E-state index in [1.54, 1.807) is 17.2 Å². The predicted octanol–water partition coefficient (Wildman–Crippen LogP) is 1.29. The molecule has 0 bridgehead atoms. The van der Waals surface area contributed by atoms with E-state index in [1.165, 1.54) is 0 Å². The number of benzene rings is 1. The molecule has 0 saturated carbocycles. The Balaban J connectivity index is 1.60.